The molecule has 2 heterocycles. The first-order valence-electron chi connectivity index (χ1n) is 5.10. The lowest BCUT2D eigenvalue weighted by Crippen LogP contribution is -2.16. The largest absolute Gasteiger partial charge is 0.435 e. The standard InChI is InChI=1S/C11H11N5O2/c1-7-8(3-2-4-13-7)18-11-9(10(12)16-17)14-5-6-15-11/h2-6,17H,1H3,(H2,12,16). The van der Waals surface area contributed by atoms with E-state index < -0.39 is 0 Å². The summed E-state index contributed by atoms with van der Waals surface area (Å²) < 4.78 is 5.56. The second-order valence-corrected chi connectivity index (χ2v) is 3.38. The van der Waals surface area contributed by atoms with Gasteiger partial charge in [0.2, 0.25) is 5.88 Å². The Balaban J connectivity index is 2.38. The Labute approximate surface area is 103 Å². The summed E-state index contributed by atoms with van der Waals surface area (Å²) >= 11 is 0. The van der Waals surface area contributed by atoms with Crippen LogP contribution >= 0.6 is 0 Å². The molecular formula is C11H11N5O2. The Morgan fingerprint density at radius 2 is 2.06 bits per heavy atom. The van der Waals surface area contributed by atoms with E-state index >= 15 is 0 Å². The molecule has 0 aliphatic heterocycles. The normalized spacial score (nSPS) is 11.3. The minimum absolute atomic E-state index is 0.156. The lowest BCUT2D eigenvalue weighted by atomic mass is 10.3. The Morgan fingerprint density at radius 3 is 2.78 bits per heavy atom. The van der Waals surface area contributed by atoms with Crippen molar-refractivity contribution in [1.29, 1.82) is 0 Å². The molecule has 0 aromatic carbocycles. The lowest BCUT2D eigenvalue weighted by molar-refractivity contribution is 0.318. The van der Waals surface area contributed by atoms with E-state index in [2.05, 4.69) is 20.1 Å². The predicted molar refractivity (Wildman–Crippen MR) is 63.6 cm³/mol. The summed E-state index contributed by atoms with van der Waals surface area (Å²) in [5, 5.41) is 11.5. The molecule has 0 unspecified atom stereocenters. The van der Waals surface area contributed by atoms with Gasteiger partial charge in [-0.1, -0.05) is 5.16 Å². The highest BCUT2D eigenvalue weighted by Gasteiger charge is 2.13. The highest BCUT2D eigenvalue weighted by atomic mass is 16.5. The minimum Gasteiger partial charge on any atom is -0.435 e. The van der Waals surface area contributed by atoms with Crippen molar-refractivity contribution < 1.29 is 9.94 Å². The molecule has 0 fully saturated rings. The van der Waals surface area contributed by atoms with Crippen molar-refractivity contribution in [2.45, 2.75) is 6.92 Å². The molecule has 0 spiro atoms. The smallest absolute Gasteiger partial charge is 0.249 e. The maximum Gasteiger partial charge on any atom is 0.249 e. The molecule has 18 heavy (non-hydrogen) atoms. The number of rotatable bonds is 3. The fourth-order valence-electron chi connectivity index (χ4n) is 1.30. The van der Waals surface area contributed by atoms with Crippen LogP contribution in [0.1, 0.15) is 11.4 Å². The number of aromatic nitrogens is 3. The van der Waals surface area contributed by atoms with Gasteiger partial charge in [-0.15, -0.1) is 0 Å². The Hall–Kier alpha value is -2.70. The third-order valence-electron chi connectivity index (χ3n) is 2.18. The van der Waals surface area contributed by atoms with E-state index in [4.69, 9.17) is 15.7 Å². The third kappa shape index (κ3) is 2.34. The van der Waals surface area contributed by atoms with Crippen LogP contribution in [0.4, 0.5) is 0 Å². The lowest BCUT2D eigenvalue weighted by Gasteiger charge is -2.08. The Kier molecular flexibility index (Phi) is 3.33. The molecule has 2 aromatic heterocycles. The number of hydrogen-bond donors (Lipinski definition) is 2. The fourth-order valence-corrected chi connectivity index (χ4v) is 1.30. The quantitative estimate of drug-likeness (QED) is 0.362. The fraction of sp³-hybridized carbons (Fsp3) is 0.0909. The summed E-state index contributed by atoms with van der Waals surface area (Å²) in [5.74, 6) is 0.522. The average Bonchev–Trinajstić information content (AvgIpc) is 2.41. The van der Waals surface area contributed by atoms with Crippen molar-refractivity contribution in [2.75, 3.05) is 0 Å². The zero-order valence-electron chi connectivity index (χ0n) is 9.61. The van der Waals surface area contributed by atoms with Crippen LogP contribution in [0, 0.1) is 6.92 Å². The zero-order valence-corrected chi connectivity index (χ0v) is 9.61. The number of oxime groups is 1. The molecule has 0 saturated heterocycles. The molecule has 2 aromatic rings. The summed E-state index contributed by atoms with van der Waals surface area (Å²) in [5.41, 5.74) is 6.36. The number of nitrogens with zero attached hydrogens (tertiary/aromatic N) is 4. The van der Waals surface area contributed by atoms with Crippen molar-refractivity contribution in [3.8, 4) is 11.6 Å². The highest BCUT2D eigenvalue weighted by molar-refractivity contribution is 5.97. The van der Waals surface area contributed by atoms with Gasteiger partial charge < -0.3 is 15.7 Å². The Bertz CT molecular complexity index is 585. The molecule has 92 valence electrons. The first-order valence-corrected chi connectivity index (χ1v) is 5.10. The summed E-state index contributed by atoms with van der Waals surface area (Å²) in [6, 6.07) is 3.48. The second kappa shape index (κ2) is 5.09. The maximum absolute atomic E-state index is 8.66. The van der Waals surface area contributed by atoms with Gasteiger partial charge in [0.15, 0.2) is 17.3 Å². The van der Waals surface area contributed by atoms with Crippen molar-refractivity contribution in [2.24, 2.45) is 10.9 Å². The van der Waals surface area contributed by atoms with E-state index in [-0.39, 0.29) is 17.4 Å². The van der Waals surface area contributed by atoms with Crippen LogP contribution in [0.2, 0.25) is 0 Å². The van der Waals surface area contributed by atoms with E-state index in [0.717, 1.165) is 0 Å². The van der Waals surface area contributed by atoms with Crippen molar-refractivity contribution in [3.63, 3.8) is 0 Å². The molecule has 0 amide bonds. The van der Waals surface area contributed by atoms with Gasteiger partial charge >= 0.3 is 0 Å². The van der Waals surface area contributed by atoms with Crippen LogP contribution in [0.15, 0.2) is 35.9 Å². The topological polar surface area (TPSA) is 107 Å². The number of hydrogen-bond acceptors (Lipinski definition) is 6. The highest BCUT2D eigenvalue weighted by Crippen LogP contribution is 2.23. The van der Waals surface area contributed by atoms with E-state index in [1.165, 1.54) is 12.4 Å². The molecule has 7 nitrogen and oxygen atoms in total. The summed E-state index contributed by atoms with van der Waals surface area (Å²) in [6.07, 6.45) is 4.54. The van der Waals surface area contributed by atoms with Gasteiger partial charge in [0.25, 0.3) is 0 Å². The van der Waals surface area contributed by atoms with Crippen molar-refractivity contribution in [1.82, 2.24) is 15.0 Å². The van der Waals surface area contributed by atoms with E-state index in [1.54, 1.807) is 25.3 Å². The zero-order chi connectivity index (χ0) is 13.0. The molecule has 0 aliphatic rings. The number of amidine groups is 1. The van der Waals surface area contributed by atoms with E-state index in [9.17, 15) is 0 Å². The molecular weight excluding hydrogens is 234 g/mol. The first-order chi connectivity index (χ1) is 8.72. The van der Waals surface area contributed by atoms with Gasteiger partial charge in [-0.3, -0.25) is 4.98 Å². The van der Waals surface area contributed by atoms with Crippen LogP contribution in [0.5, 0.6) is 11.6 Å². The average molecular weight is 245 g/mol. The monoisotopic (exact) mass is 245 g/mol. The first kappa shape index (κ1) is 11.8. The maximum atomic E-state index is 8.66. The molecule has 0 bridgehead atoms. The van der Waals surface area contributed by atoms with E-state index in [1.807, 2.05) is 0 Å². The molecule has 3 N–H and O–H groups in total. The molecule has 7 heteroatoms. The molecule has 0 atom stereocenters. The summed E-state index contributed by atoms with van der Waals surface area (Å²) in [4.78, 5) is 12.0. The van der Waals surface area contributed by atoms with Crippen molar-refractivity contribution >= 4 is 5.84 Å². The summed E-state index contributed by atoms with van der Waals surface area (Å²) in [7, 11) is 0. The van der Waals surface area contributed by atoms with E-state index in [0.29, 0.717) is 11.4 Å². The predicted octanol–water partition coefficient (Wildman–Crippen LogP) is 1.07. The number of ether oxygens (including phenoxy) is 1. The molecule has 0 radical (unpaired) electrons. The van der Waals surface area contributed by atoms with Crippen molar-refractivity contribution in [3.05, 3.63) is 42.1 Å². The van der Waals surface area contributed by atoms with Crippen LogP contribution in [-0.2, 0) is 0 Å². The van der Waals surface area contributed by atoms with Gasteiger partial charge in [0.05, 0.1) is 5.69 Å². The van der Waals surface area contributed by atoms with Gasteiger partial charge in [-0.25, -0.2) is 9.97 Å². The van der Waals surface area contributed by atoms with Gasteiger partial charge in [0.1, 0.15) is 0 Å². The number of nitrogens with two attached hydrogens (primary N) is 1. The Morgan fingerprint density at radius 1 is 1.28 bits per heavy atom. The minimum atomic E-state index is -0.167. The number of pyridine rings is 1. The third-order valence-corrected chi connectivity index (χ3v) is 2.18. The number of aryl methyl sites for hydroxylation is 1. The summed E-state index contributed by atoms with van der Waals surface area (Å²) in [6.45, 7) is 1.80. The van der Waals surface area contributed by atoms with Crippen LogP contribution < -0.4 is 10.5 Å². The molecule has 2 rings (SSSR count). The molecule has 0 aliphatic carbocycles. The van der Waals surface area contributed by atoms with Gasteiger partial charge in [-0.05, 0) is 19.1 Å². The van der Waals surface area contributed by atoms with Gasteiger partial charge in [-0.2, -0.15) is 0 Å². The van der Waals surface area contributed by atoms with Crippen LogP contribution in [0.3, 0.4) is 0 Å². The van der Waals surface area contributed by atoms with Crippen LogP contribution in [-0.4, -0.2) is 26.0 Å². The SMILES string of the molecule is Cc1ncccc1Oc1nccnc1C(N)=NO. The van der Waals surface area contributed by atoms with Gasteiger partial charge in [0, 0.05) is 18.6 Å². The molecule has 0 saturated carbocycles. The van der Waals surface area contributed by atoms with Crippen LogP contribution in [0.25, 0.3) is 0 Å². The second-order valence-electron chi connectivity index (χ2n) is 3.38.